The van der Waals surface area contributed by atoms with Crippen LogP contribution < -0.4 is 15.4 Å². The first kappa shape index (κ1) is 20.5. The lowest BCUT2D eigenvalue weighted by molar-refractivity contribution is -0.0320. The van der Waals surface area contributed by atoms with E-state index in [1.165, 1.54) is 12.1 Å². The zero-order valence-corrected chi connectivity index (χ0v) is 15.7. The van der Waals surface area contributed by atoms with Crippen molar-refractivity contribution >= 4 is 5.96 Å². The molecule has 6 nitrogen and oxygen atoms in total. The second-order valence-corrected chi connectivity index (χ2v) is 6.30. The van der Waals surface area contributed by atoms with Gasteiger partial charge in [0.25, 0.3) is 0 Å². The Balaban J connectivity index is 1.55. The van der Waals surface area contributed by atoms with E-state index in [-0.39, 0.29) is 11.9 Å². The Kier molecular flexibility index (Phi) is 9.20. The van der Waals surface area contributed by atoms with Crippen molar-refractivity contribution in [2.75, 3.05) is 40.0 Å². The third-order valence-corrected chi connectivity index (χ3v) is 4.07. The molecule has 26 heavy (non-hydrogen) atoms. The quantitative estimate of drug-likeness (QED) is 0.398. The molecule has 0 bridgehead atoms. The summed E-state index contributed by atoms with van der Waals surface area (Å²) in [5.41, 5.74) is 0. The first-order valence-electron chi connectivity index (χ1n) is 9.23. The van der Waals surface area contributed by atoms with Crippen molar-refractivity contribution in [3.63, 3.8) is 0 Å². The summed E-state index contributed by atoms with van der Waals surface area (Å²) in [6.45, 7) is 5.67. The average molecular weight is 367 g/mol. The molecule has 1 heterocycles. The zero-order valence-electron chi connectivity index (χ0n) is 15.7. The highest BCUT2D eigenvalue weighted by atomic mass is 19.1. The molecule has 0 amide bonds. The normalized spacial score (nSPS) is 17.0. The van der Waals surface area contributed by atoms with Gasteiger partial charge in [0.2, 0.25) is 0 Å². The molecule has 0 spiro atoms. The fraction of sp³-hybridized carbons (Fsp3) is 0.632. The highest BCUT2D eigenvalue weighted by Gasteiger charge is 2.13. The second kappa shape index (κ2) is 11.7. The van der Waals surface area contributed by atoms with E-state index < -0.39 is 0 Å². The minimum Gasteiger partial charge on any atom is -0.489 e. The van der Waals surface area contributed by atoms with Crippen LogP contribution in [-0.4, -0.2) is 58.1 Å². The highest BCUT2D eigenvalue weighted by molar-refractivity contribution is 5.79. The van der Waals surface area contributed by atoms with Gasteiger partial charge in [-0.25, -0.2) is 4.39 Å². The molecular formula is C19H30FN3O3. The van der Waals surface area contributed by atoms with Gasteiger partial charge in [0.15, 0.2) is 5.96 Å². The lowest BCUT2D eigenvalue weighted by Crippen LogP contribution is -2.42. The summed E-state index contributed by atoms with van der Waals surface area (Å²) in [5, 5.41) is 6.49. The third-order valence-electron chi connectivity index (χ3n) is 4.07. The molecule has 2 rings (SSSR count). The zero-order chi connectivity index (χ0) is 18.6. The summed E-state index contributed by atoms with van der Waals surface area (Å²) < 4.78 is 29.8. The number of benzene rings is 1. The molecule has 1 atom stereocenters. The Morgan fingerprint density at radius 2 is 2.00 bits per heavy atom. The molecule has 146 valence electrons. The van der Waals surface area contributed by atoms with Gasteiger partial charge >= 0.3 is 0 Å². The van der Waals surface area contributed by atoms with E-state index >= 15 is 0 Å². The summed E-state index contributed by atoms with van der Waals surface area (Å²) in [5.74, 6) is 1.10. The molecule has 1 fully saturated rings. The molecule has 1 aromatic rings. The molecule has 0 aliphatic carbocycles. The fourth-order valence-corrected chi connectivity index (χ4v) is 2.62. The monoisotopic (exact) mass is 367 g/mol. The van der Waals surface area contributed by atoms with Crippen LogP contribution in [0.3, 0.4) is 0 Å². The van der Waals surface area contributed by atoms with Gasteiger partial charge in [0.1, 0.15) is 17.7 Å². The van der Waals surface area contributed by atoms with Crippen LogP contribution in [-0.2, 0) is 9.47 Å². The van der Waals surface area contributed by atoms with E-state index in [1.807, 2.05) is 6.92 Å². The largest absolute Gasteiger partial charge is 0.489 e. The summed E-state index contributed by atoms with van der Waals surface area (Å²) in [6, 6.07) is 6.02. The average Bonchev–Trinajstić information content (AvgIpc) is 2.66. The van der Waals surface area contributed by atoms with Gasteiger partial charge in [-0.3, -0.25) is 4.99 Å². The lowest BCUT2D eigenvalue weighted by Gasteiger charge is -2.22. The molecule has 1 aliphatic heterocycles. The van der Waals surface area contributed by atoms with Gasteiger partial charge in [-0.1, -0.05) is 0 Å². The summed E-state index contributed by atoms with van der Waals surface area (Å²) in [6.07, 6.45) is 3.16. The maximum Gasteiger partial charge on any atom is 0.191 e. The number of nitrogens with one attached hydrogen (secondary N) is 2. The van der Waals surface area contributed by atoms with E-state index in [0.29, 0.717) is 18.4 Å². The smallest absolute Gasteiger partial charge is 0.191 e. The molecule has 2 N–H and O–H groups in total. The van der Waals surface area contributed by atoms with E-state index in [2.05, 4.69) is 15.6 Å². The summed E-state index contributed by atoms with van der Waals surface area (Å²) in [4.78, 5) is 4.20. The van der Waals surface area contributed by atoms with Crippen LogP contribution in [0.2, 0.25) is 0 Å². The van der Waals surface area contributed by atoms with Gasteiger partial charge in [-0.05, 0) is 50.5 Å². The molecule has 1 aliphatic rings. The van der Waals surface area contributed by atoms with Crippen LogP contribution in [0.15, 0.2) is 29.3 Å². The van der Waals surface area contributed by atoms with Crippen LogP contribution in [0.25, 0.3) is 0 Å². The Labute approximate surface area is 155 Å². The first-order chi connectivity index (χ1) is 12.7. The van der Waals surface area contributed by atoms with Crippen LogP contribution in [0.1, 0.15) is 26.2 Å². The van der Waals surface area contributed by atoms with Gasteiger partial charge in [0, 0.05) is 33.4 Å². The predicted molar refractivity (Wildman–Crippen MR) is 100 cm³/mol. The minimum absolute atomic E-state index is 0.0733. The van der Waals surface area contributed by atoms with Crippen molar-refractivity contribution in [2.45, 2.75) is 38.4 Å². The van der Waals surface area contributed by atoms with E-state index in [0.717, 1.165) is 51.6 Å². The molecule has 1 saturated heterocycles. The van der Waals surface area contributed by atoms with Crippen molar-refractivity contribution in [3.05, 3.63) is 30.1 Å². The van der Waals surface area contributed by atoms with E-state index in [1.54, 1.807) is 19.2 Å². The van der Waals surface area contributed by atoms with E-state index in [4.69, 9.17) is 14.2 Å². The maximum atomic E-state index is 12.9. The number of aliphatic imine (C=N–C) groups is 1. The molecule has 0 aromatic heterocycles. The third kappa shape index (κ3) is 8.01. The van der Waals surface area contributed by atoms with Crippen molar-refractivity contribution in [3.8, 4) is 5.75 Å². The summed E-state index contributed by atoms with van der Waals surface area (Å²) in [7, 11) is 1.74. The molecule has 1 unspecified atom stereocenters. The number of guanidine groups is 1. The van der Waals surface area contributed by atoms with Gasteiger partial charge in [0.05, 0.1) is 12.6 Å². The Bertz CT molecular complexity index is 533. The number of nitrogens with zero attached hydrogens (tertiary/aromatic N) is 1. The van der Waals surface area contributed by atoms with Gasteiger partial charge < -0.3 is 24.8 Å². The standard InChI is InChI=1S/C19H30FN3O3/c1-15(26-18-6-4-16(20)5-7-18)14-23-19(21-2)22-10-3-11-25-17-8-12-24-13-9-17/h4-7,15,17H,3,8-14H2,1-2H3,(H2,21,22,23). The maximum absolute atomic E-state index is 12.9. The van der Waals surface area contributed by atoms with Crippen LogP contribution >= 0.6 is 0 Å². The first-order valence-corrected chi connectivity index (χ1v) is 9.23. The fourth-order valence-electron chi connectivity index (χ4n) is 2.62. The van der Waals surface area contributed by atoms with Gasteiger partial charge in [-0.15, -0.1) is 0 Å². The van der Waals surface area contributed by atoms with Gasteiger partial charge in [-0.2, -0.15) is 0 Å². The van der Waals surface area contributed by atoms with Crippen molar-refractivity contribution in [1.82, 2.24) is 10.6 Å². The molecule has 0 saturated carbocycles. The Morgan fingerprint density at radius 1 is 1.27 bits per heavy atom. The van der Waals surface area contributed by atoms with Crippen molar-refractivity contribution < 1.29 is 18.6 Å². The number of halogens is 1. The SMILES string of the molecule is CN=C(NCCCOC1CCOCC1)NCC(C)Oc1ccc(F)cc1. The second-order valence-electron chi connectivity index (χ2n) is 6.30. The van der Waals surface area contributed by atoms with E-state index in [9.17, 15) is 4.39 Å². The lowest BCUT2D eigenvalue weighted by atomic mass is 10.1. The van der Waals surface area contributed by atoms with Crippen molar-refractivity contribution in [1.29, 1.82) is 0 Å². The molecule has 1 aromatic carbocycles. The topological polar surface area (TPSA) is 64.1 Å². The molecule has 7 heteroatoms. The highest BCUT2D eigenvalue weighted by Crippen LogP contribution is 2.12. The van der Waals surface area contributed by atoms with Crippen LogP contribution in [0, 0.1) is 5.82 Å². The van der Waals surface area contributed by atoms with Crippen LogP contribution in [0.5, 0.6) is 5.75 Å². The molecular weight excluding hydrogens is 337 g/mol. The number of hydrogen-bond donors (Lipinski definition) is 2. The molecule has 0 radical (unpaired) electrons. The predicted octanol–water partition coefficient (Wildman–Crippen LogP) is 2.34. The summed E-state index contributed by atoms with van der Waals surface area (Å²) >= 11 is 0. The minimum atomic E-state index is -0.270. The number of ether oxygens (including phenoxy) is 3. The number of rotatable bonds is 9. The number of hydrogen-bond acceptors (Lipinski definition) is 4. The van der Waals surface area contributed by atoms with Crippen LogP contribution in [0.4, 0.5) is 4.39 Å². The Morgan fingerprint density at radius 3 is 2.69 bits per heavy atom. The Hall–Kier alpha value is -1.86. The van der Waals surface area contributed by atoms with Crippen molar-refractivity contribution in [2.24, 2.45) is 4.99 Å².